The Labute approximate surface area is 109 Å². The van der Waals surface area contributed by atoms with Gasteiger partial charge in [-0.25, -0.2) is 4.98 Å². The molecule has 1 saturated heterocycles. The second kappa shape index (κ2) is 4.72. The van der Waals surface area contributed by atoms with E-state index in [-0.39, 0.29) is 11.8 Å². The number of carbonyl (C=O) groups is 2. The molecule has 0 spiro atoms. The molecular formula is C13H14N4O2. The molecule has 19 heavy (non-hydrogen) atoms. The molecule has 0 radical (unpaired) electrons. The first kappa shape index (κ1) is 11.7. The fraction of sp³-hybridized carbons (Fsp3) is 0.308. The van der Waals surface area contributed by atoms with Crippen LogP contribution in [-0.4, -0.2) is 27.8 Å². The summed E-state index contributed by atoms with van der Waals surface area (Å²) in [6.07, 6.45) is 3.55. The van der Waals surface area contributed by atoms with Crippen LogP contribution >= 0.6 is 0 Å². The number of nitrogens with one attached hydrogen (secondary N) is 3. The largest absolute Gasteiger partial charge is 0.345 e. The lowest BCUT2D eigenvalue weighted by Crippen LogP contribution is -2.46. The molecule has 3 N–H and O–H groups in total. The molecule has 0 saturated carbocycles. The summed E-state index contributed by atoms with van der Waals surface area (Å²) < 4.78 is 0. The Balaban J connectivity index is 1.72. The first-order chi connectivity index (χ1) is 9.22. The third-order valence-electron chi connectivity index (χ3n) is 3.24. The van der Waals surface area contributed by atoms with E-state index in [1.807, 2.05) is 12.1 Å². The van der Waals surface area contributed by atoms with Crippen LogP contribution in [0.2, 0.25) is 0 Å². The summed E-state index contributed by atoms with van der Waals surface area (Å²) in [4.78, 5) is 30.4. The van der Waals surface area contributed by atoms with Gasteiger partial charge < -0.3 is 15.6 Å². The number of amides is 2. The van der Waals surface area contributed by atoms with E-state index in [2.05, 4.69) is 20.6 Å². The maximum atomic E-state index is 12.0. The molecule has 3 rings (SSSR count). The first-order valence-corrected chi connectivity index (χ1v) is 6.26. The third kappa shape index (κ3) is 2.42. The van der Waals surface area contributed by atoms with Gasteiger partial charge in [-0.1, -0.05) is 0 Å². The fourth-order valence-corrected chi connectivity index (χ4v) is 2.24. The highest BCUT2D eigenvalue weighted by molar-refractivity contribution is 5.98. The van der Waals surface area contributed by atoms with E-state index in [4.69, 9.17) is 0 Å². The van der Waals surface area contributed by atoms with Gasteiger partial charge in [0.2, 0.25) is 11.8 Å². The number of fused-ring (bicyclic) bond motifs is 1. The molecule has 1 aromatic heterocycles. The van der Waals surface area contributed by atoms with E-state index < -0.39 is 6.04 Å². The maximum Gasteiger partial charge on any atom is 0.246 e. The van der Waals surface area contributed by atoms with Crippen LogP contribution in [-0.2, 0) is 9.59 Å². The van der Waals surface area contributed by atoms with E-state index in [1.54, 1.807) is 12.4 Å². The highest BCUT2D eigenvalue weighted by Gasteiger charge is 2.24. The molecule has 2 aromatic rings. The number of piperidine rings is 1. The van der Waals surface area contributed by atoms with Gasteiger partial charge >= 0.3 is 0 Å². The number of carbonyl (C=O) groups excluding carboxylic acids is 2. The number of aromatic nitrogens is 2. The minimum Gasteiger partial charge on any atom is -0.345 e. The van der Waals surface area contributed by atoms with Gasteiger partial charge in [0, 0.05) is 12.1 Å². The van der Waals surface area contributed by atoms with E-state index >= 15 is 0 Å². The Morgan fingerprint density at radius 2 is 2.32 bits per heavy atom. The van der Waals surface area contributed by atoms with Crippen molar-refractivity contribution in [3.8, 4) is 0 Å². The predicted octanol–water partition coefficient (Wildman–Crippen LogP) is 1.17. The predicted molar refractivity (Wildman–Crippen MR) is 70.5 cm³/mol. The zero-order valence-corrected chi connectivity index (χ0v) is 10.3. The quantitative estimate of drug-likeness (QED) is 0.755. The number of hydrogen-bond donors (Lipinski definition) is 3. The van der Waals surface area contributed by atoms with Crippen molar-refractivity contribution < 1.29 is 9.59 Å². The molecule has 1 atom stereocenters. The van der Waals surface area contributed by atoms with Crippen molar-refractivity contribution in [3.63, 3.8) is 0 Å². The average molecular weight is 258 g/mol. The topological polar surface area (TPSA) is 86.9 Å². The summed E-state index contributed by atoms with van der Waals surface area (Å²) in [7, 11) is 0. The van der Waals surface area contributed by atoms with Gasteiger partial charge in [0.25, 0.3) is 0 Å². The first-order valence-electron chi connectivity index (χ1n) is 6.26. The Morgan fingerprint density at radius 3 is 3.16 bits per heavy atom. The molecule has 1 aliphatic heterocycles. The normalized spacial score (nSPS) is 19.2. The number of hydrogen-bond acceptors (Lipinski definition) is 3. The smallest absolute Gasteiger partial charge is 0.246 e. The van der Waals surface area contributed by atoms with Crippen molar-refractivity contribution in [1.29, 1.82) is 0 Å². The summed E-state index contributed by atoms with van der Waals surface area (Å²) in [5.41, 5.74) is 2.41. The zero-order valence-electron chi connectivity index (χ0n) is 10.3. The van der Waals surface area contributed by atoms with Gasteiger partial charge in [-0.3, -0.25) is 9.59 Å². The summed E-state index contributed by atoms with van der Waals surface area (Å²) in [6, 6.07) is 5.02. The molecule has 0 bridgehead atoms. The molecule has 98 valence electrons. The van der Waals surface area contributed by atoms with Gasteiger partial charge in [-0.15, -0.1) is 0 Å². The SMILES string of the molecule is O=C1CCC[C@H](C(=O)Nc2ccc3nc[nH]c3c2)N1. The van der Waals surface area contributed by atoms with Gasteiger partial charge in [-0.2, -0.15) is 0 Å². The van der Waals surface area contributed by atoms with E-state index in [9.17, 15) is 9.59 Å². The summed E-state index contributed by atoms with van der Waals surface area (Å²) in [5.74, 6) is -0.234. The molecule has 6 heteroatoms. The Morgan fingerprint density at radius 1 is 1.42 bits per heavy atom. The molecular weight excluding hydrogens is 244 g/mol. The number of anilines is 1. The second-order valence-corrected chi connectivity index (χ2v) is 4.64. The molecule has 0 unspecified atom stereocenters. The van der Waals surface area contributed by atoms with Crippen LogP contribution in [0.5, 0.6) is 0 Å². The molecule has 1 aromatic carbocycles. The van der Waals surface area contributed by atoms with Crippen LogP contribution < -0.4 is 10.6 Å². The summed E-state index contributed by atoms with van der Waals surface area (Å²) in [6.45, 7) is 0. The average Bonchev–Trinajstić information content (AvgIpc) is 2.86. The van der Waals surface area contributed by atoms with Crippen LogP contribution in [0.4, 0.5) is 5.69 Å². The summed E-state index contributed by atoms with van der Waals surface area (Å²) >= 11 is 0. The molecule has 2 heterocycles. The minimum atomic E-state index is -0.432. The van der Waals surface area contributed by atoms with Crippen molar-refractivity contribution in [3.05, 3.63) is 24.5 Å². The highest BCUT2D eigenvalue weighted by Crippen LogP contribution is 2.17. The molecule has 0 aliphatic carbocycles. The van der Waals surface area contributed by atoms with Gasteiger partial charge in [0.15, 0.2) is 0 Å². The van der Waals surface area contributed by atoms with E-state index in [0.717, 1.165) is 17.5 Å². The third-order valence-corrected chi connectivity index (χ3v) is 3.24. The lowest BCUT2D eigenvalue weighted by molar-refractivity contribution is -0.128. The Hall–Kier alpha value is -2.37. The van der Waals surface area contributed by atoms with E-state index in [1.165, 1.54) is 0 Å². The fourth-order valence-electron chi connectivity index (χ4n) is 2.24. The van der Waals surface area contributed by atoms with Crippen LogP contribution in [0.15, 0.2) is 24.5 Å². The van der Waals surface area contributed by atoms with Crippen molar-refractivity contribution >= 4 is 28.5 Å². The van der Waals surface area contributed by atoms with Crippen LogP contribution in [0.25, 0.3) is 11.0 Å². The van der Waals surface area contributed by atoms with Crippen molar-refractivity contribution in [2.75, 3.05) is 5.32 Å². The van der Waals surface area contributed by atoms with Crippen LogP contribution in [0.3, 0.4) is 0 Å². The number of nitrogens with zero attached hydrogens (tertiary/aromatic N) is 1. The second-order valence-electron chi connectivity index (χ2n) is 4.64. The van der Waals surface area contributed by atoms with Crippen molar-refractivity contribution in [1.82, 2.24) is 15.3 Å². The van der Waals surface area contributed by atoms with E-state index in [0.29, 0.717) is 18.5 Å². The van der Waals surface area contributed by atoms with Gasteiger partial charge in [0.05, 0.1) is 17.4 Å². The molecule has 2 amide bonds. The zero-order chi connectivity index (χ0) is 13.2. The number of imidazole rings is 1. The van der Waals surface area contributed by atoms with Crippen molar-refractivity contribution in [2.24, 2.45) is 0 Å². The lowest BCUT2D eigenvalue weighted by atomic mass is 10.0. The maximum absolute atomic E-state index is 12.0. The summed E-state index contributed by atoms with van der Waals surface area (Å²) in [5, 5.41) is 5.51. The van der Waals surface area contributed by atoms with Crippen LogP contribution in [0, 0.1) is 0 Å². The highest BCUT2D eigenvalue weighted by atomic mass is 16.2. The Bertz CT molecular complexity index is 634. The van der Waals surface area contributed by atoms with Crippen molar-refractivity contribution in [2.45, 2.75) is 25.3 Å². The number of rotatable bonds is 2. The van der Waals surface area contributed by atoms with Gasteiger partial charge in [0.1, 0.15) is 6.04 Å². The minimum absolute atomic E-state index is 0.0598. The number of aromatic amines is 1. The molecule has 6 nitrogen and oxygen atoms in total. The van der Waals surface area contributed by atoms with Gasteiger partial charge in [-0.05, 0) is 31.0 Å². The lowest BCUT2D eigenvalue weighted by Gasteiger charge is -2.22. The monoisotopic (exact) mass is 258 g/mol. The molecule has 1 fully saturated rings. The number of H-pyrrole nitrogens is 1. The number of benzene rings is 1. The standard InChI is InChI=1S/C13H14N4O2/c18-12-3-1-2-10(17-12)13(19)16-8-4-5-9-11(6-8)15-7-14-9/h4-7,10H,1-3H2,(H,14,15)(H,16,19)(H,17,18)/t10-/m1/s1. The van der Waals surface area contributed by atoms with Crippen LogP contribution in [0.1, 0.15) is 19.3 Å². The Kier molecular flexibility index (Phi) is 2.91. The molecule has 1 aliphatic rings.